The highest BCUT2D eigenvalue weighted by Gasteiger charge is 2.33. The van der Waals surface area contributed by atoms with Crippen LogP contribution in [0.4, 0.5) is 0 Å². The van der Waals surface area contributed by atoms with Gasteiger partial charge in [0.15, 0.2) is 0 Å². The van der Waals surface area contributed by atoms with E-state index >= 15 is 0 Å². The summed E-state index contributed by atoms with van der Waals surface area (Å²) in [5, 5.41) is 4.41. The first-order chi connectivity index (χ1) is 8.69. The largest absolute Gasteiger partial charge is 0.321 e. The van der Waals surface area contributed by atoms with Gasteiger partial charge in [-0.3, -0.25) is 0 Å². The van der Waals surface area contributed by atoms with E-state index in [9.17, 15) is 0 Å². The SMILES string of the molecule is Cc1cnn(-c2ccccc2C2(N)CCCC2)c1. The summed E-state index contributed by atoms with van der Waals surface area (Å²) >= 11 is 0. The van der Waals surface area contributed by atoms with Crippen LogP contribution in [0.15, 0.2) is 36.7 Å². The van der Waals surface area contributed by atoms with Crippen molar-refractivity contribution >= 4 is 0 Å². The van der Waals surface area contributed by atoms with Crippen molar-refractivity contribution in [3.63, 3.8) is 0 Å². The molecule has 0 bridgehead atoms. The van der Waals surface area contributed by atoms with Gasteiger partial charge in [-0.1, -0.05) is 31.0 Å². The topological polar surface area (TPSA) is 43.8 Å². The molecule has 1 saturated carbocycles. The zero-order valence-electron chi connectivity index (χ0n) is 10.8. The molecule has 1 heterocycles. The number of nitrogens with two attached hydrogens (primary N) is 1. The molecule has 1 aliphatic rings. The van der Waals surface area contributed by atoms with Crippen molar-refractivity contribution in [2.45, 2.75) is 38.1 Å². The summed E-state index contributed by atoms with van der Waals surface area (Å²) in [5.41, 5.74) is 9.93. The summed E-state index contributed by atoms with van der Waals surface area (Å²) in [4.78, 5) is 0. The van der Waals surface area contributed by atoms with Gasteiger partial charge in [-0.2, -0.15) is 5.10 Å². The first-order valence-electron chi connectivity index (χ1n) is 6.59. The second-order valence-electron chi connectivity index (χ2n) is 5.34. The molecule has 2 aromatic rings. The zero-order chi connectivity index (χ0) is 12.6. The minimum Gasteiger partial charge on any atom is -0.321 e. The van der Waals surface area contributed by atoms with Crippen LogP contribution in [0.3, 0.4) is 0 Å². The summed E-state index contributed by atoms with van der Waals surface area (Å²) < 4.78 is 1.94. The highest BCUT2D eigenvalue weighted by molar-refractivity contribution is 5.45. The summed E-state index contributed by atoms with van der Waals surface area (Å²) in [7, 11) is 0. The Labute approximate surface area is 108 Å². The quantitative estimate of drug-likeness (QED) is 0.878. The van der Waals surface area contributed by atoms with Crippen LogP contribution >= 0.6 is 0 Å². The minimum atomic E-state index is -0.170. The average Bonchev–Trinajstić information content (AvgIpc) is 2.99. The van der Waals surface area contributed by atoms with Crippen molar-refractivity contribution < 1.29 is 0 Å². The Hall–Kier alpha value is -1.61. The molecule has 0 aliphatic heterocycles. The van der Waals surface area contributed by atoms with E-state index in [1.165, 1.54) is 24.0 Å². The standard InChI is InChI=1S/C15H19N3/c1-12-10-17-18(11-12)14-7-3-2-6-13(14)15(16)8-4-5-9-15/h2-3,6-7,10-11H,4-5,8-9,16H2,1H3. The lowest BCUT2D eigenvalue weighted by molar-refractivity contribution is 0.459. The monoisotopic (exact) mass is 241 g/mol. The van der Waals surface area contributed by atoms with Crippen LogP contribution in [0.25, 0.3) is 5.69 Å². The first-order valence-corrected chi connectivity index (χ1v) is 6.59. The Morgan fingerprint density at radius 3 is 2.61 bits per heavy atom. The fourth-order valence-electron chi connectivity index (χ4n) is 2.91. The lowest BCUT2D eigenvalue weighted by Gasteiger charge is -2.26. The molecule has 1 aliphatic carbocycles. The molecule has 3 heteroatoms. The highest BCUT2D eigenvalue weighted by Crippen LogP contribution is 2.38. The van der Waals surface area contributed by atoms with Gasteiger partial charge >= 0.3 is 0 Å². The van der Waals surface area contributed by atoms with E-state index < -0.39 is 0 Å². The molecule has 0 unspecified atom stereocenters. The van der Waals surface area contributed by atoms with E-state index in [2.05, 4.69) is 36.4 Å². The predicted molar refractivity (Wildman–Crippen MR) is 72.6 cm³/mol. The van der Waals surface area contributed by atoms with Gasteiger partial charge in [0.25, 0.3) is 0 Å². The zero-order valence-corrected chi connectivity index (χ0v) is 10.8. The van der Waals surface area contributed by atoms with E-state index in [1.54, 1.807) is 0 Å². The number of benzene rings is 1. The van der Waals surface area contributed by atoms with Crippen LogP contribution in [-0.4, -0.2) is 9.78 Å². The third-order valence-corrected chi connectivity index (χ3v) is 3.89. The predicted octanol–water partition coefficient (Wildman–Crippen LogP) is 2.91. The van der Waals surface area contributed by atoms with Crippen LogP contribution in [-0.2, 0) is 5.54 Å². The summed E-state index contributed by atoms with van der Waals surface area (Å²) in [6.45, 7) is 2.06. The number of aryl methyl sites for hydroxylation is 1. The maximum Gasteiger partial charge on any atom is 0.0696 e. The normalized spacial score (nSPS) is 18.1. The molecule has 2 N–H and O–H groups in total. The number of para-hydroxylation sites is 1. The van der Waals surface area contributed by atoms with E-state index in [1.807, 2.05) is 16.9 Å². The number of aromatic nitrogens is 2. The lowest BCUT2D eigenvalue weighted by Crippen LogP contribution is -2.34. The fraction of sp³-hybridized carbons (Fsp3) is 0.400. The van der Waals surface area contributed by atoms with Crippen molar-refractivity contribution in [1.82, 2.24) is 9.78 Å². The van der Waals surface area contributed by atoms with Gasteiger partial charge in [-0.25, -0.2) is 4.68 Å². The van der Waals surface area contributed by atoms with Crippen LogP contribution in [0.1, 0.15) is 36.8 Å². The molecular weight excluding hydrogens is 222 g/mol. The Bertz CT molecular complexity index is 550. The van der Waals surface area contributed by atoms with Crippen molar-refractivity contribution in [1.29, 1.82) is 0 Å². The molecule has 0 atom stereocenters. The number of hydrogen-bond acceptors (Lipinski definition) is 2. The highest BCUT2D eigenvalue weighted by atomic mass is 15.3. The molecule has 1 fully saturated rings. The number of rotatable bonds is 2. The van der Waals surface area contributed by atoms with Gasteiger partial charge in [0.1, 0.15) is 0 Å². The van der Waals surface area contributed by atoms with Crippen molar-refractivity contribution in [2.75, 3.05) is 0 Å². The van der Waals surface area contributed by atoms with Crippen LogP contribution in [0.5, 0.6) is 0 Å². The Balaban J connectivity index is 2.10. The second-order valence-corrected chi connectivity index (χ2v) is 5.34. The van der Waals surface area contributed by atoms with Crippen LogP contribution in [0.2, 0.25) is 0 Å². The summed E-state index contributed by atoms with van der Waals surface area (Å²) in [6.07, 6.45) is 8.53. The average molecular weight is 241 g/mol. The molecule has 1 aromatic heterocycles. The molecule has 3 nitrogen and oxygen atoms in total. The van der Waals surface area contributed by atoms with E-state index in [-0.39, 0.29) is 5.54 Å². The van der Waals surface area contributed by atoms with E-state index in [0.717, 1.165) is 18.5 Å². The molecule has 0 amide bonds. The summed E-state index contributed by atoms with van der Waals surface area (Å²) in [5.74, 6) is 0. The molecule has 0 spiro atoms. The third-order valence-electron chi connectivity index (χ3n) is 3.89. The molecule has 18 heavy (non-hydrogen) atoms. The van der Waals surface area contributed by atoms with Gasteiger partial charge in [-0.05, 0) is 37.0 Å². The lowest BCUT2D eigenvalue weighted by atomic mass is 9.88. The minimum absolute atomic E-state index is 0.170. The molecule has 1 aromatic carbocycles. The van der Waals surface area contributed by atoms with Crippen LogP contribution < -0.4 is 5.73 Å². The van der Waals surface area contributed by atoms with Gasteiger partial charge in [0, 0.05) is 11.7 Å². The van der Waals surface area contributed by atoms with Crippen molar-refractivity contribution in [2.24, 2.45) is 5.73 Å². The number of hydrogen-bond donors (Lipinski definition) is 1. The third kappa shape index (κ3) is 1.85. The molecular formula is C15H19N3. The second kappa shape index (κ2) is 4.25. The van der Waals surface area contributed by atoms with E-state index in [0.29, 0.717) is 0 Å². The molecule has 94 valence electrons. The Kier molecular flexibility index (Phi) is 2.71. The van der Waals surface area contributed by atoms with Gasteiger partial charge in [-0.15, -0.1) is 0 Å². The first kappa shape index (κ1) is 11.5. The maximum absolute atomic E-state index is 6.58. The van der Waals surface area contributed by atoms with E-state index in [4.69, 9.17) is 5.73 Å². The van der Waals surface area contributed by atoms with Crippen LogP contribution in [0, 0.1) is 6.92 Å². The Morgan fingerprint density at radius 1 is 1.22 bits per heavy atom. The number of nitrogens with zero attached hydrogens (tertiary/aromatic N) is 2. The Morgan fingerprint density at radius 2 is 1.94 bits per heavy atom. The molecule has 0 radical (unpaired) electrons. The van der Waals surface area contributed by atoms with Crippen molar-refractivity contribution in [3.05, 3.63) is 47.8 Å². The maximum atomic E-state index is 6.58. The van der Waals surface area contributed by atoms with Gasteiger partial charge < -0.3 is 5.73 Å². The fourth-order valence-corrected chi connectivity index (χ4v) is 2.91. The van der Waals surface area contributed by atoms with Crippen molar-refractivity contribution in [3.8, 4) is 5.69 Å². The molecule has 3 rings (SSSR count). The van der Waals surface area contributed by atoms with Gasteiger partial charge in [0.2, 0.25) is 0 Å². The smallest absolute Gasteiger partial charge is 0.0696 e. The molecule has 0 saturated heterocycles. The van der Waals surface area contributed by atoms with Gasteiger partial charge in [0.05, 0.1) is 11.9 Å². The summed E-state index contributed by atoms with van der Waals surface area (Å²) in [6, 6.07) is 8.38.